The molecule has 0 bridgehead atoms. The summed E-state index contributed by atoms with van der Waals surface area (Å²) in [5.41, 5.74) is 0.566. The number of hydrogen-bond acceptors (Lipinski definition) is 5. The van der Waals surface area contributed by atoms with Crippen LogP contribution in [0.1, 0.15) is 16.4 Å². The van der Waals surface area contributed by atoms with E-state index in [2.05, 4.69) is 15.0 Å². The van der Waals surface area contributed by atoms with Gasteiger partial charge < -0.3 is 9.84 Å². The minimum Gasteiger partial charge on any atom is -0.496 e. The van der Waals surface area contributed by atoms with Crippen LogP contribution in [0.25, 0.3) is 22.2 Å². The molecule has 0 unspecified atom stereocenters. The number of carboxylic acid groups (broad SMARTS) is 1. The van der Waals surface area contributed by atoms with Crippen LogP contribution in [-0.4, -0.2) is 33.1 Å². The summed E-state index contributed by atoms with van der Waals surface area (Å²) in [6, 6.07) is 10.8. The Labute approximate surface area is 157 Å². The molecule has 0 saturated heterocycles. The topological polar surface area (TPSA) is 85.2 Å². The van der Waals surface area contributed by atoms with Crippen molar-refractivity contribution < 1.29 is 14.6 Å². The molecule has 6 nitrogen and oxygen atoms in total. The first-order chi connectivity index (χ1) is 11.8. The zero-order chi connectivity index (χ0) is 18.2. The lowest BCUT2D eigenvalue weighted by Gasteiger charge is -2.13. The number of halogens is 3. The molecular formula is C16H10Cl3N3O3. The molecule has 2 aromatic carbocycles. The summed E-state index contributed by atoms with van der Waals surface area (Å²) in [5, 5.41) is 10.8. The van der Waals surface area contributed by atoms with Crippen molar-refractivity contribution in [1.29, 1.82) is 0 Å². The Bertz CT molecular complexity index is 974. The molecule has 0 fully saturated rings. The van der Waals surface area contributed by atoms with E-state index < -0.39 is 15.6 Å². The quantitative estimate of drug-likeness (QED) is 0.665. The van der Waals surface area contributed by atoms with E-state index in [4.69, 9.17) is 39.5 Å². The van der Waals surface area contributed by atoms with Crippen LogP contribution < -0.4 is 4.74 Å². The number of carbonyl (C=O) groups is 1. The van der Waals surface area contributed by atoms with Crippen molar-refractivity contribution in [2.75, 3.05) is 7.11 Å². The van der Waals surface area contributed by atoms with E-state index in [1.807, 2.05) is 24.3 Å². The third-order valence-electron chi connectivity index (χ3n) is 3.43. The van der Waals surface area contributed by atoms with Crippen LogP contribution in [0.2, 0.25) is 0 Å². The van der Waals surface area contributed by atoms with Gasteiger partial charge in [-0.1, -0.05) is 59.1 Å². The number of alkyl halides is 3. The van der Waals surface area contributed by atoms with Crippen LogP contribution in [0.3, 0.4) is 0 Å². The number of ether oxygens (including phenoxy) is 1. The number of nitrogens with zero attached hydrogens (tertiary/aromatic N) is 3. The van der Waals surface area contributed by atoms with Crippen LogP contribution >= 0.6 is 34.8 Å². The van der Waals surface area contributed by atoms with Gasteiger partial charge in [0.2, 0.25) is 9.62 Å². The number of carboxylic acids is 1. The maximum Gasteiger partial charge on any atom is 0.374 e. The van der Waals surface area contributed by atoms with Crippen molar-refractivity contribution in [2.24, 2.45) is 0 Å². The van der Waals surface area contributed by atoms with Gasteiger partial charge in [-0.3, -0.25) is 0 Å². The van der Waals surface area contributed by atoms with Crippen LogP contribution in [-0.2, 0) is 3.79 Å². The van der Waals surface area contributed by atoms with Gasteiger partial charge in [0.15, 0.2) is 11.6 Å². The monoisotopic (exact) mass is 397 g/mol. The van der Waals surface area contributed by atoms with Gasteiger partial charge in [0.1, 0.15) is 5.75 Å². The largest absolute Gasteiger partial charge is 0.496 e. The molecule has 1 aromatic heterocycles. The molecule has 3 aromatic rings. The summed E-state index contributed by atoms with van der Waals surface area (Å²) in [7, 11) is 1.56. The molecule has 9 heteroatoms. The molecule has 0 aliphatic carbocycles. The zero-order valence-electron chi connectivity index (χ0n) is 12.7. The van der Waals surface area contributed by atoms with Gasteiger partial charge >= 0.3 is 5.97 Å². The highest BCUT2D eigenvalue weighted by atomic mass is 35.6. The normalized spacial score (nSPS) is 11.5. The van der Waals surface area contributed by atoms with Crippen molar-refractivity contribution in [1.82, 2.24) is 15.0 Å². The summed E-state index contributed by atoms with van der Waals surface area (Å²) in [5.74, 6) is -1.37. The van der Waals surface area contributed by atoms with E-state index in [9.17, 15) is 9.90 Å². The first-order valence-electron chi connectivity index (χ1n) is 6.94. The maximum absolute atomic E-state index is 11.3. The van der Waals surface area contributed by atoms with Crippen molar-refractivity contribution in [2.45, 2.75) is 3.79 Å². The Morgan fingerprint density at radius 1 is 1.04 bits per heavy atom. The second-order valence-corrected chi connectivity index (χ2v) is 7.25. The lowest BCUT2D eigenvalue weighted by molar-refractivity contribution is 0.0683. The van der Waals surface area contributed by atoms with Crippen LogP contribution in [0, 0.1) is 0 Å². The molecule has 0 aliphatic heterocycles. The molecule has 0 amide bonds. The predicted octanol–water partition coefficient (Wildman–Crippen LogP) is 4.23. The average Bonchev–Trinajstić information content (AvgIpc) is 2.59. The summed E-state index contributed by atoms with van der Waals surface area (Å²) >= 11 is 17.5. The fourth-order valence-electron chi connectivity index (χ4n) is 2.36. The second-order valence-electron chi connectivity index (χ2n) is 4.97. The summed E-state index contributed by atoms with van der Waals surface area (Å²) in [6.07, 6.45) is 0. The Balaban J connectivity index is 2.32. The lowest BCUT2D eigenvalue weighted by atomic mass is 10.0. The van der Waals surface area contributed by atoms with E-state index in [0.29, 0.717) is 11.3 Å². The highest BCUT2D eigenvalue weighted by molar-refractivity contribution is 6.66. The molecule has 25 heavy (non-hydrogen) atoms. The number of aromatic nitrogens is 3. The van der Waals surface area contributed by atoms with Gasteiger partial charge in [-0.15, -0.1) is 0 Å². The van der Waals surface area contributed by atoms with E-state index >= 15 is 0 Å². The zero-order valence-corrected chi connectivity index (χ0v) is 15.0. The van der Waals surface area contributed by atoms with Crippen molar-refractivity contribution in [3.05, 3.63) is 48.0 Å². The highest BCUT2D eigenvalue weighted by Crippen LogP contribution is 2.38. The number of rotatable bonds is 3. The van der Waals surface area contributed by atoms with E-state index in [1.165, 1.54) is 0 Å². The molecule has 0 spiro atoms. The van der Waals surface area contributed by atoms with Crippen LogP contribution in [0.5, 0.6) is 5.75 Å². The number of hydrogen-bond donors (Lipinski definition) is 1. The Hall–Kier alpha value is -2.15. The molecule has 0 atom stereocenters. The summed E-state index contributed by atoms with van der Waals surface area (Å²) in [4.78, 5) is 23.2. The first kappa shape index (κ1) is 17.7. The number of benzene rings is 2. The van der Waals surface area contributed by atoms with Gasteiger partial charge in [0.05, 0.1) is 7.11 Å². The maximum atomic E-state index is 11.3. The Kier molecular flexibility index (Phi) is 4.69. The fourth-order valence-corrected chi connectivity index (χ4v) is 2.62. The smallest absolute Gasteiger partial charge is 0.374 e. The minimum absolute atomic E-state index is 0.0904. The lowest BCUT2D eigenvalue weighted by Crippen LogP contribution is -2.15. The molecule has 128 valence electrons. The fraction of sp³-hybridized carbons (Fsp3) is 0.125. The van der Waals surface area contributed by atoms with E-state index in [0.717, 1.165) is 10.8 Å². The Morgan fingerprint density at radius 2 is 1.72 bits per heavy atom. The van der Waals surface area contributed by atoms with Gasteiger partial charge in [-0.25, -0.2) is 19.7 Å². The van der Waals surface area contributed by atoms with Crippen molar-refractivity contribution in [3.8, 4) is 17.1 Å². The minimum atomic E-state index is -1.98. The Morgan fingerprint density at radius 3 is 2.32 bits per heavy atom. The third kappa shape index (κ3) is 3.46. The molecular weight excluding hydrogens is 389 g/mol. The first-order valence-corrected chi connectivity index (χ1v) is 8.07. The predicted molar refractivity (Wildman–Crippen MR) is 95.5 cm³/mol. The van der Waals surface area contributed by atoms with E-state index in [-0.39, 0.29) is 11.6 Å². The average molecular weight is 399 g/mol. The summed E-state index contributed by atoms with van der Waals surface area (Å²) in [6.45, 7) is 0. The number of methoxy groups -OCH3 is 1. The molecule has 1 N–H and O–H groups in total. The highest BCUT2D eigenvalue weighted by Gasteiger charge is 2.30. The summed E-state index contributed by atoms with van der Waals surface area (Å²) < 4.78 is 3.37. The number of aromatic carboxylic acids is 1. The molecule has 0 aliphatic rings. The van der Waals surface area contributed by atoms with Crippen molar-refractivity contribution in [3.63, 3.8) is 0 Å². The van der Waals surface area contributed by atoms with Gasteiger partial charge in [-0.2, -0.15) is 0 Å². The number of fused-ring (bicyclic) bond motifs is 1. The molecule has 0 radical (unpaired) electrons. The van der Waals surface area contributed by atoms with Crippen molar-refractivity contribution >= 4 is 51.5 Å². The second kappa shape index (κ2) is 6.63. The van der Waals surface area contributed by atoms with Gasteiger partial charge in [0, 0.05) is 10.9 Å². The van der Waals surface area contributed by atoms with E-state index in [1.54, 1.807) is 19.2 Å². The SMILES string of the molecule is COc1ccc(-c2nc(C(=O)O)nc(C(Cl)(Cl)Cl)n2)c2ccccc12. The molecule has 3 rings (SSSR count). The molecule has 1 heterocycles. The van der Waals surface area contributed by atoms with Gasteiger partial charge in [0.25, 0.3) is 0 Å². The van der Waals surface area contributed by atoms with Gasteiger partial charge in [-0.05, 0) is 17.5 Å². The standard InChI is InChI=1S/C16H10Cl3N3O3/c1-25-11-7-6-10(8-4-2-3-5-9(8)11)12-20-13(14(23)24)22-15(21-12)16(17,18)19/h2-7H,1H3,(H,23,24). The van der Waals surface area contributed by atoms with Crippen LogP contribution in [0.4, 0.5) is 0 Å². The molecule has 0 saturated carbocycles. The van der Waals surface area contributed by atoms with Crippen LogP contribution in [0.15, 0.2) is 36.4 Å². The third-order valence-corrected chi connectivity index (χ3v) is 3.93.